The molecule has 1 saturated heterocycles. The molecule has 180 valence electrons. The zero-order valence-corrected chi connectivity index (χ0v) is 18.7. The van der Waals surface area contributed by atoms with Gasteiger partial charge in [0, 0.05) is 20.1 Å². The number of rotatable bonds is 11. The molecule has 33 heavy (non-hydrogen) atoms. The molecule has 1 aromatic carbocycles. The topological polar surface area (TPSA) is 162 Å². The van der Waals surface area contributed by atoms with E-state index in [4.69, 9.17) is 15.2 Å². The van der Waals surface area contributed by atoms with Gasteiger partial charge in [0.1, 0.15) is 19.1 Å². The summed E-state index contributed by atoms with van der Waals surface area (Å²) in [5.41, 5.74) is 6.50. The molecule has 0 radical (unpaired) electrons. The summed E-state index contributed by atoms with van der Waals surface area (Å²) in [5, 5.41) is 12.4. The Morgan fingerprint density at radius 2 is 1.88 bits per heavy atom. The van der Waals surface area contributed by atoms with E-state index in [0.717, 1.165) is 5.56 Å². The molecular weight excluding hydrogens is 434 g/mol. The Morgan fingerprint density at radius 3 is 2.42 bits per heavy atom. The van der Waals surface area contributed by atoms with Gasteiger partial charge < -0.3 is 25.6 Å². The summed E-state index contributed by atoms with van der Waals surface area (Å²) < 4.78 is 8.60. The van der Waals surface area contributed by atoms with Crippen molar-refractivity contribution >= 4 is 29.8 Å². The maximum Gasteiger partial charge on any atom is 0.407 e. The normalized spacial score (nSPS) is 22.0. The summed E-state index contributed by atoms with van der Waals surface area (Å²) in [4.78, 5) is 62.5. The lowest BCUT2D eigenvalue weighted by Gasteiger charge is -2.33. The minimum atomic E-state index is -1.63. The highest BCUT2D eigenvalue weighted by Gasteiger charge is 2.67. The molecule has 1 aliphatic rings. The van der Waals surface area contributed by atoms with Crippen LogP contribution in [0.4, 0.5) is 4.79 Å². The minimum absolute atomic E-state index is 0.109. The Labute approximate surface area is 191 Å². The number of alkyl carbamates (subject to hydrolysis) is 1. The number of unbranched alkanes of at least 4 members (excludes halogenated alkanes) is 1. The number of carboxylic acid groups (broad SMARTS) is 1. The molecule has 1 aliphatic heterocycles. The highest BCUT2D eigenvalue weighted by atomic mass is 16.5. The van der Waals surface area contributed by atoms with Crippen LogP contribution in [0.1, 0.15) is 38.2 Å². The van der Waals surface area contributed by atoms with Crippen molar-refractivity contribution in [1.82, 2.24) is 5.32 Å². The summed E-state index contributed by atoms with van der Waals surface area (Å²) in [5.74, 6) is -4.19. The van der Waals surface area contributed by atoms with Gasteiger partial charge >= 0.3 is 29.8 Å². The monoisotopic (exact) mass is 464 g/mol. The van der Waals surface area contributed by atoms with Crippen molar-refractivity contribution in [2.45, 2.75) is 57.4 Å². The number of methoxy groups -OCH3 is 1. The number of carboxylic acids is 1. The van der Waals surface area contributed by atoms with Crippen molar-refractivity contribution in [3.8, 4) is 0 Å². The number of nitrogens with zero attached hydrogens (tertiary/aromatic N) is 1. The van der Waals surface area contributed by atoms with Crippen molar-refractivity contribution in [1.29, 1.82) is 0 Å². The number of hydrogen-bond acceptors (Lipinski definition) is 8. The smallest absolute Gasteiger partial charge is 0.407 e. The number of quaternary nitrogens is 1. The maximum atomic E-state index is 12.9. The molecule has 1 fully saturated rings. The first-order chi connectivity index (χ1) is 15.7. The second-order valence-corrected chi connectivity index (χ2v) is 7.85. The van der Waals surface area contributed by atoms with Crippen molar-refractivity contribution in [3.05, 3.63) is 35.9 Å². The highest BCUT2D eigenvalue weighted by molar-refractivity contribution is 6.08. The lowest BCUT2D eigenvalue weighted by molar-refractivity contribution is -0.719. The molecule has 0 aromatic heterocycles. The van der Waals surface area contributed by atoms with Crippen LogP contribution in [0.5, 0.6) is 0 Å². The van der Waals surface area contributed by atoms with E-state index in [9.17, 15) is 29.1 Å². The molecule has 11 nitrogen and oxygen atoms in total. The molecule has 0 spiro atoms. The van der Waals surface area contributed by atoms with Crippen LogP contribution in [0.15, 0.2) is 30.3 Å². The number of amides is 4. The number of ether oxygens (including phenoxy) is 2. The number of imide groups is 3. The fraction of sp³-hybridized carbons (Fsp3) is 0.500. The molecule has 2 rings (SSSR count). The predicted molar refractivity (Wildman–Crippen MR) is 114 cm³/mol. The number of nitrogens with two attached hydrogens (primary N) is 1. The van der Waals surface area contributed by atoms with Crippen LogP contribution in [0.3, 0.4) is 0 Å². The van der Waals surface area contributed by atoms with Crippen LogP contribution in [0, 0.1) is 0 Å². The number of aliphatic carboxylic acids is 1. The summed E-state index contributed by atoms with van der Waals surface area (Å²) in [6, 6.07) is 6.27. The molecule has 0 saturated carbocycles. The molecule has 1 aromatic rings. The first-order valence-corrected chi connectivity index (χ1v) is 10.6. The van der Waals surface area contributed by atoms with Gasteiger partial charge in [-0.3, -0.25) is 0 Å². The van der Waals surface area contributed by atoms with Crippen LogP contribution < -0.4 is 11.1 Å². The third-order valence-electron chi connectivity index (χ3n) is 5.54. The fourth-order valence-corrected chi connectivity index (χ4v) is 3.87. The van der Waals surface area contributed by atoms with E-state index in [1.54, 1.807) is 0 Å². The van der Waals surface area contributed by atoms with E-state index in [0.29, 0.717) is 6.42 Å². The quantitative estimate of drug-likeness (QED) is 0.243. The fourth-order valence-electron chi connectivity index (χ4n) is 3.87. The van der Waals surface area contributed by atoms with Crippen molar-refractivity contribution in [2.24, 2.45) is 5.73 Å². The average Bonchev–Trinajstić information content (AvgIpc) is 3.04. The third-order valence-corrected chi connectivity index (χ3v) is 5.54. The lowest BCUT2D eigenvalue weighted by Crippen LogP contribution is -2.69. The standard InChI is InChI=1S/C22H29N3O8/c1-14(23)19(27)25(18(26)12-17(32-2)20(25)28)16(21(29)30)10-6-7-11-24-22(31)33-13-15-8-4-3-5-9-15/h3-5,8-9,14,16-17H,6-7,10-13,23H2,1-2H3,(H-,24,29,30,31)/p+1/t14-,16-,17?,25?/m0/s1. The lowest BCUT2D eigenvalue weighted by atomic mass is 10.0. The van der Waals surface area contributed by atoms with E-state index in [1.165, 1.54) is 14.0 Å². The first-order valence-electron chi connectivity index (χ1n) is 10.6. The number of benzene rings is 1. The maximum absolute atomic E-state index is 12.9. The van der Waals surface area contributed by atoms with Gasteiger partial charge in [0.15, 0.2) is 6.10 Å². The molecule has 2 unspecified atom stereocenters. The number of carbonyl (C=O) groups excluding carboxylic acids is 4. The SMILES string of the molecule is COC1CC(=O)[N+](C(=O)[C@H](C)N)([C@@H](CCCCNC(=O)OCc2ccccc2)C(=O)O)C1=O. The second kappa shape index (κ2) is 11.6. The number of likely N-dealkylation sites (tertiary alicyclic amines) is 1. The van der Waals surface area contributed by atoms with Gasteiger partial charge in [-0.2, -0.15) is 0 Å². The largest absolute Gasteiger partial charge is 0.477 e. The second-order valence-electron chi connectivity index (χ2n) is 7.85. The van der Waals surface area contributed by atoms with E-state index in [2.05, 4.69) is 5.32 Å². The summed E-state index contributed by atoms with van der Waals surface area (Å²) >= 11 is 0. The van der Waals surface area contributed by atoms with E-state index in [-0.39, 0.29) is 26.0 Å². The molecule has 11 heteroatoms. The van der Waals surface area contributed by atoms with Gasteiger partial charge in [-0.25, -0.2) is 24.0 Å². The van der Waals surface area contributed by atoms with E-state index >= 15 is 0 Å². The minimum Gasteiger partial charge on any atom is -0.477 e. The molecule has 4 atom stereocenters. The summed E-state index contributed by atoms with van der Waals surface area (Å²) in [6.45, 7) is 1.59. The van der Waals surface area contributed by atoms with Gasteiger partial charge in [0.2, 0.25) is 6.04 Å². The average molecular weight is 464 g/mol. The van der Waals surface area contributed by atoms with Crippen LogP contribution >= 0.6 is 0 Å². The van der Waals surface area contributed by atoms with Crippen molar-refractivity contribution in [2.75, 3.05) is 13.7 Å². The highest BCUT2D eigenvalue weighted by Crippen LogP contribution is 2.32. The van der Waals surface area contributed by atoms with E-state index in [1.807, 2.05) is 30.3 Å². The Morgan fingerprint density at radius 1 is 1.21 bits per heavy atom. The Balaban J connectivity index is 1.97. The summed E-state index contributed by atoms with van der Waals surface area (Å²) in [6.07, 6.45) is -1.82. The van der Waals surface area contributed by atoms with Gasteiger partial charge in [0.25, 0.3) is 0 Å². The zero-order valence-electron chi connectivity index (χ0n) is 18.7. The molecule has 4 amide bonds. The molecule has 0 aliphatic carbocycles. The Hall–Kier alpha value is -3.15. The van der Waals surface area contributed by atoms with Crippen LogP contribution in [-0.2, 0) is 35.3 Å². The number of nitrogens with one attached hydrogen (secondary N) is 1. The van der Waals surface area contributed by atoms with Gasteiger partial charge in [-0.15, -0.1) is 4.48 Å². The zero-order chi connectivity index (χ0) is 24.6. The molecule has 4 N–H and O–H groups in total. The van der Waals surface area contributed by atoms with Crippen LogP contribution in [0.25, 0.3) is 0 Å². The Kier molecular flexibility index (Phi) is 9.21. The van der Waals surface area contributed by atoms with Crippen LogP contribution in [0.2, 0.25) is 0 Å². The van der Waals surface area contributed by atoms with E-state index < -0.39 is 58.9 Å². The number of hydrogen-bond donors (Lipinski definition) is 3. The predicted octanol–water partition coefficient (Wildman–Crippen LogP) is 0.699. The Bertz CT molecular complexity index is 889. The van der Waals surface area contributed by atoms with Gasteiger partial charge in [0.05, 0.1) is 0 Å². The van der Waals surface area contributed by atoms with Crippen LogP contribution in [-0.4, -0.2) is 71.2 Å². The molecule has 0 bridgehead atoms. The number of carbonyl (C=O) groups is 5. The first kappa shape index (κ1) is 26.1. The van der Waals surface area contributed by atoms with Crippen molar-refractivity contribution < 1.29 is 43.0 Å². The summed E-state index contributed by atoms with van der Waals surface area (Å²) in [7, 11) is 1.21. The van der Waals surface area contributed by atoms with Gasteiger partial charge in [-0.05, 0) is 25.3 Å². The van der Waals surface area contributed by atoms with Gasteiger partial charge in [-0.1, -0.05) is 30.3 Å². The third kappa shape index (κ3) is 5.81. The van der Waals surface area contributed by atoms with Crippen molar-refractivity contribution in [3.63, 3.8) is 0 Å². The molecular formula is C22H30N3O8+. The molecule has 1 heterocycles.